The lowest BCUT2D eigenvalue weighted by molar-refractivity contribution is 0.0335. The molecule has 4 heterocycles. The van der Waals surface area contributed by atoms with E-state index in [1.807, 2.05) is 6.20 Å². The molecule has 2 fully saturated rings. The minimum atomic E-state index is 0.224. The van der Waals surface area contributed by atoms with Gasteiger partial charge >= 0.3 is 0 Å². The summed E-state index contributed by atoms with van der Waals surface area (Å²) in [6.07, 6.45) is 3.23. The minimum absolute atomic E-state index is 0.224. The molecule has 1 aromatic carbocycles. The van der Waals surface area contributed by atoms with Crippen molar-refractivity contribution in [2.24, 2.45) is 0 Å². The van der Waals surface area contributed by atoms with Crippen LogP contribution in [0.15, 0.2) is 30.5 Å². The number of hydrogen-bond acceptors (Lipinski definition) is 8. The van der Waals surface area contributed by atoms with Crippen molar-refractivity contribution in [2.45, 2.75) is 12.5 Å². The van der Waals surface area contributed by atoms with Gasteiger partial charge in [-0.05, 0) is 30.7 Å². The van der Waals surface area contributed by atoms with Crippen LogP contribution in [0.4, 0.5) is 11.5 Å². The van der Waals surface area contributed by atoms with E-state index in [0.717, 1.165) is 95.7 Å². The average Bonchev–Trinajstić information content (AvgIpc) is 3.26. The van der Waals surface area contributed by atoms with Gasteiger partial charge in [-0.25, -0.2) is 9.97 Å². The largest absolute Gasteiger partial charge is 0.383 e. The molecule has 2 aromatic rings. The Morgan fingerprint density at radius 1 is 1.12 bits per heavy atom. The number of rotatable bonds is 7. The maximum atomic E-state index is 5.91. The molecular weight excluding hydrogens is 404 g/mol. The molecule has 0 saturated carbocycles. The Hall–Kier alpha value is -2.26. The minimum Gasteiger partial charge on any atom is -0.383 e. The number of morpholine rings is 1. The van der Waals surface area contributed by atoms with E-state index < -0.39 is 0 Å². The fraction of sp³-hybridized carbons (Fsp3) is 0.583. The van der Waals surface area contributed by atoms with Gasteiger partial charge in [0.25, 0.3) is 0 Å². The highest BCUT2D eigenvalue weighted by Crippen LogP contribution is 2.29. The van der Waals surface area contributed by atoms with Crippen LogP contribution in [-0.2, 0) is 15.9 Å². The quantitative estimate of drug-likeness (QED) is 0.693. The summed E-state index contributed by atoms with van der Waals surface area (Å²) in [5.41, 5.74) is 3.57. The lowest BCUT2D eigenvalue weighted by atomic mass is 10.1. The molecule has 2 saturated heterocycles. The molecule has 0 unspecified atom stereocenters. The summed E-state index contributed by atoms with van der Waals surface area (Å²) in [5.74, 6) is 1.87. The predicted octanol–water partition coefficient (Wildman–Crippen LogP) is 1.26. The van der Waals surface area contributed by atoms with Crippen molar-refractivity contribution >= 4 is 11.5 Å². The van der Waals surface area contributed by atoms with Gasteiger partial charge in [-0.2, -0.15) is 0 Å². The Bertz CT molecular complexity index is 879. The van der Waals surface area contributed by atoms with E-state index in [2.05, 4.69) is 49.3 Å². The molecule has 0 bridgehead atoms. The number of benzene rings is 1. The van der Waals surface area contributed by atoms with Crippen LogP contribution in [0.5, 0.6) is 0 Å². The molecule has 5 rings (SSSR count). The van der Waals surface area contributed by atoms with Crippen LogP contribution in [0.1, 0.15) is 5.56 Å². The van der Waals surface area contributed by atoms with Crippen LogP contribution in [0.3, 0.4) is 0 Å². The summed E-state index contributed by atoms with van der Waals surface area (Å²) in [7, 11) is 1.77. The van der Waals surface area contributed by atoms with Gasteiger partial charge in [0.05, 0.1) is 19.3 Å². The Morgan fingerprint density at radius 2 is 1.97 bits per heavy atom. The number of piperazine rings is 1. The van der Waals surface area contributed by atoms with Crippen LogP contribution in [0.2, 0.25) is 0 Å². The maximum Gasteiger partial charge on any atom is 0.161 e. The zero-order valence-electron chi connectivity index (χ0n) is 19.0. The zero-order valence-corrected chi connectivity index (χ0v) is 19.0. The Morgan fingerprint density at radius 3 is 2.72 bits per heavy atom. The number of aromatic nitrogens is 2. The number of anilines is 2. The van der Waals surface area contributed by atoms with Crippen molar-refractivity contribution in [1.29, 1.82) is 0 Å². The summed E-state index contributed by atoms with van der Waals surface area (Å²) < 4.78 is 11.1. The van der Waals surface area contributed by atoms with Gasteiger partial charge in [-0.1, -0.05) is 0 Å². The summed E-state index contributed by atoms with van der Waals surface area (Å²) in [6.45, 7) is 10.6. The first kappa shape index (κ1) is 21.6. The first-order valence-electron chi connectivity index (χ1n) is 11.8. The molecule has 32 heavy (non-hydrogen) atoms. The molecule has 3 aliphatic rings. The Balaban J connectivity index is 1.23. The van der Waals surface area contributed by atoms with Crippen LogP contribution in [0, 0.1) is 0 Å². The Labute approximate surface area is 190 Å². The van der Waals surface area contributed by atoms with Crippen molar-refractivity contribution in [3.05, 3.63) is 36.0 Å². The van der Waals surface area contributed by atoms with Gasteiger partial charge in [0.2, 0.25) is 0 Å². The first-order chi connectivity index (χ1) is 15.8. The van der Waals surface area contributed by atoms with Crippen LogP contribution >= 0.6 is 0 Å². The predicted molar refractivity (Wildman–Crippen MR) is 127 cm³/mol. The van der Waals surface area contributed by atoms with Crippen LogP contribution in [-0.4, -0.2) is 100 Å². The van der Waals surface area contributed by atoms with E-state index in [0.29, 0.717) is 0 Å². The Kier molecular flexibility index (Phi) is 6.83. The molecule has 1 atom stereocenters. The van der Waals surface area contributed by atoms with Gasteiger partial charge < -0.3 is 24.6 Å². The smallest absolute Gasteiger partial charge is 0.161 e. The van der Waals surface area contributed by atoms with Gasteiger partial charge in [0.15, 0.2) is 5.82 Å². The van der Waals surface area contributed by atoms with E-state index in [9.17, 15) is 0 Å². The molecule has 8 heteroatoms. The lowest BCUT2D eigenvalue weighted by Gasteiger charge is -2.36. The fourth-order valence-electron chi connectivity index (χ4n) is 4.78. The van der Waals surface area contributed by atoms with Crippen molar-refractivity contribution in [3.63, 3.8) is 0 Å². The van der Waals surface area contributed by atoms with Gasteiger partial charge in [-0.3, -0.25) is 4.90 Å². The average molecular weight is 439 g/mol. The van der Waals surface area contributed by atoms with E-state index in [1.165, 1.54) is 11.3 Å². The summed E-state index contributed by atoms with van der Waals surface area (Å²) in [6, 6.07) is 8.72. The standard InChI is InChI=1S/C24H34N6O2/c1-31-15-13-28-9-11-29(12-10-28)21-4-2-19(3-5-21)23-26-16-20-6-8-30(24(20)27-23)18-22-17-25-7-14-32-22/h2-5,16,22,25H,6-15,17-18H2,1H3/t22-/m1/s1. The second-order valence-corrected chi connectivity index (χ2v) is 8.80. The second-order valence-electron chi connectivity index (χ2n) is 8.80. The number of nitrogens with zero attached hydrogens (tertiary/aromatic N) is 5. The maximum absolute atomic E-state index is 5.91. The summed E-state index contributed by atoms with van der Waals surface area (Å²) >= 11 is 0. The molecular formula is C24H34N6O2. The van der Waals surface area contributed by atoms with Gasteiger partial charge in [-0.15, -0.1) is 0 Å². The first-order valence-corrected chi connectivity index (χ1v) is 11.8. The molecule has 8 nitrogen and oxygen atoms in total. The summed E-state index contributed by atoms with van der Waals surface area (Å²) in [5, 5.41) is 3.42. The van der Waals surface area contributed by atoms with Crippen LogP contribution < -0.4 is 15.1 Å². The molecule has 0 spiro atoms. The molecule has 0 radical (unpaired) electrons. The molecule has 1 N–H and O–H groups in total. The topological polar surface area (TPSA) is 66.0 Å². The van der Waals surface area contributed by atoms with E-state index in [4.69, 9.17) is 14.5 Å². The SMILES string of the molecule is COCCN1CCN(c2ccc(-c3ncc4c(n3)N(C[C@H]3CNCCO3)CC4)cc2)CC1. The molecule has 0 aliphatic carbocycles. The summed E-state index contributed by atoms with van der Waals surface area (Å²) in [4.78, 5) is 16.9. The zero-order chi connectivity index (χ0) is 21.8. The third-order valence-electron chi connectivity index (χ3n) is 6.70. The van der Waals surface area contributed by atoms with Gasteiger partial charge in [0.1, 0.15) is 5.82 Å². The highest BCUT2D eigenvalue weighted by molar-refractivity contribution is 5.64. The van der Waals surface area contributed by atoms with Crippen molar-refractivity contribution in [2.75, 3.05) is 89.0 Å². The fourth-order valence-corrected chi connectivity index (χ4v) is 4.78. The van der Waals surface area contributed by atoms with Crippen LogP contribution in [0.25, 0.3) is 11.4 Å². The van der Waals surface area contributed by atoms with Crippen molar-refractivity contribution in [1.82, 2.24) is 20.2 Å². The molecule has 172 valence electrons. The van der Waals surface area contributed by atoms with Gasteiger partial charge in [0, 0.05) is 89.0 Å². The molecule has 3 aliphatic heterocycles. The molecule has 0 amide bonds. The molecule has 1 aromatic heterocycles. The number of hydrogen-bond donors (Lipinski definition) is 1. The monoisotopic (exact) mass is 438 g/mol. The number of ether oxygens (including phenoxy) is 2. The third kappa shape index (κ3) is 4.88. The number of nitrogens with one attached hydrogen (secondary N) is 1. The van der Waals surface area contributed by atoms with E-state index in [1.54, 1.807) is 7.11 Å². The van der Waals surface area contributed by atoms with Crippen molar-refractivity contribution < 1.29 is 9.47 Å². The normalized spacial score (nSPS) is 21.7. The third-order valence-corrected chi connectivity index (χ3v) is 6.70. The van der Waals surface area contributed by atoms with E-state index >= 15 is 0 Å². The lowest BCUT2D eigenvalue weighted by Crippen LogP contribution is -2.47. The number of fused-ring (bicyclic) bond motifs is 1. The second kappa shape index (κ2) is 10.1. The van der Waals surface area contributed by atoms with E-state index in [-0.39, 0.29) is 6.10 Å². The number of methoxy groups -OCH3 is 1. The highest BCUT2D eigenvalue weighted by Gasteiger charge is 2.26. The van der Waals surface area contributed by atoms with Crippen molar-refractivity contribution in [3.8, 4) is 11.4 Å². The highest BCUT2D eigenvalue weighted by atomic mass is 16.5.